The largest absolute Gasteiger partial charge is 0.490 e. The zero-order chi connectivity index (χ0) is 25.1. The summed E-state index contributed by atoms with van der Waals surface area (Å²) < 4.78 is 34.2. The lowest BCUT2D eigenvalue weighted by molar-refractivity contribution is 0.0805. The molecule has 1 amide bonds. The summed E-state index contributed by atoms with van der Waals surface area (Å²) in [5.74, 6) is -0.394. The molecule has 10 nitrogen and oxygen atoms in total. The van der Waals surface area contributed by atoms with E-state index < -0.39 is 17.4 Å². The Kier molecular flexibility index (Phi) is 7.15. The Morgan fingerprint density at radius 1 is 1.34 bits per heavy atom. The van der Waals surface area contributed by atoms with E-state index in [0.717, 1.165) is 29.2 Å². The van der Waals surface area contributed by atoms with E-state index in [1.54, 1.807) is 13.0 Å². The quantitative estimate of drug-likeness (QED) is 0.522. The molecule has 4 rings (SSSR count). The molecule has 186 valence electrons. The van der Waals surface area contributed by atoms with Crippen molar-refractivity contribution in [3.05, 3.63) is 57.6 Å². The van der Waals surface area contributed by atoms with Crippen molar-refractivity contribution < 1.29 is 23.4 Å². The fourth-order valence-corrected chi connectivity index (χ4v) is 3.87. The van der Waals surface area contributed by atoms with Crippen LogP contribution < -0.4 is 20.5 Å². The van der Waals surface area contributed by atoms with Gasteiger partial charge in [0, 0.05) is 12.1 Å². The molecule has 3 heterocycles. The molecule has 0 aliphatic carbocycles. The molecule has 1 atom stereocenters. The number of halogens is 1. The van der Waals surface area contributed by atoms with Crippen LogP contribution in [0.4, 0.5) is 10.1 Å². The maximum atomic E-state index is 15.3. The van der Waals surface area contributed by atoms with Gasteiger partial charge in [0.15, 0.2) is 5.82 Å². The average molecular weight is 486 g/mol. The van der Waals surface area contributed by atoms with Gasteiger partial charge in [-0.2, -0.15) is 4.68 Å². The van der Waals surface area contributed by atoms with Crippen LogP contribution in [0.2, 0.25) is 0 Å². The number of anilines is 1. The first-order chi connectivity index (χ1) is 16.8. The minimum Gasteiger partial charge on any atom is -0.490 e. The Balaban J connectivity index is 1.74. The number of nitrogens with zero attached hydrogens (tertiary/aromatic N) is 4. The number of fused-ring (bicyclic) bond motifs is 1. The van der Waals surface area contributed by atoms with Gasteiger partial charge in [0.05, 0.1) is 43.8 Å². The van der Waals surface area contributed by atoms with Gasteiger partial charge in [-0.15, -0.1) is 5.10 Å². The van der Waals surface area contributed by atoms with Crippen molar-refractivity contribution in [2.75, 3.05) is 19.0 Å². The number of methoxy groups -OCH3 is 1. The van der Waals surface area contributed by atoms with Crippen molar-refractivity contribution >= 4 is 11.6 Å². The summed E-state index contributed by atoms with van der Waals surface area (Å²) in [5, 5.41) is 6.99. The first-order valence-electron chi connectivity index (χ1n) is 11.4. The minimum atomic E-state index is -0.784. The average Bonchev–Trinajstić information content (AvgIpc) is 3.17. The van der Waals surface area contributed by atoms with Gasteiger partial charge in [0.25, 0.3) is 5.91 Å². The number of pyridine rings is 1. The SMILES string of the molecule is CCCC(C)Oc1cc(-n2nc3n(c2=O)CCOC3)c(F)cc1C(=O)Nc1cnc(OC)cc1C. The van der Waals surface area contributed by atoms with Crippen LogP contribution in [0.3, 0.4) is 0 Å². The first-order valence-corrected chi connectivity index (χ1v) is 11.4. The molecule has 1 unspecified atom stereocenters. The number of hydrogen-bond donors (Lipinski definition) is 1. The predicted molar refractivity (Wildman–Crippen MR) is 126 cm³/mol. The topological polar surface area (TPSA) is 110 Å². The molecule has 0 saturated heterocycles. The van der Waals surface area contributed by atoms with E-state index in [4.69, 9.17) is 14.2 Å². The molecule has 1 aromatic carbocycles. The molecule has 3 aromatic rings. The van der Waals surface area contributed by atoms with Crippen molar-refractivity contribution in [2.24, 2.45) is 0 Å². The van der Waals surface area contributed by atoms with E-state index in [1.807, 2.05) is 13.8 Å². The number of carbonyl (C=O) groups is 1. The Labute approximate surface area is 201 Å². The van der Waals surface area contributed by atoms with Gasteiger partial charge in [-0.1, -0.05) is 13.3 Å². The van der Waals surface area contributed by atoms with Gasteiger partial charge >= 0.3 is 5.69 Å². The summed E-state index contributed by atoms with van der Waals surface area (Å²) in [5.41, 5.74) is 0.582. The Hall–Kier alpha value is -3.73. The number of amides is 1. The van der Waals surface area contributed by atoms with Crippen molar-refractivity contribution in [1.82, 2.24) is 19.3 Å². The van der Waals surface area contributed by atoms with E-state index in [0.29, 0.717) is 30.5 Å². The van der Waals surface area contributed by atoms with Crippen LogP contribution in [-0.2, 0) is 17.9 Å². The molecule has 0 spiro atoms. The molecule has 1 aliphatic rings. The number of rotatable bonds is 8. The fraction of sp³-hybridized carbons (Fsp3) is 0.417. The Morgan fingerprint density at radius 3 is 2.83 bits per heavy atom. The highest BCUT2D eigenvalue weighted by Crippen LogP contribution is 2.28. The second kappa shape index (κ2) is 10.3. The van der Waals surface area contributed by atoms with Crippen LogP contribution in [0, 0.1) is 12.7 Å². The molecule has 0 fully saturated rings. The van der Waals surface area contributed by atoms with E-state index >= 15 is 4.39 Å². The third kappa shape index (κ3) is 5.04. The number of benzene rings is 1. The second-order valence-corrected chi connectivity index (χ2v) is 8.33. The summed E-state index contributed by atoms with van der Waals surface area (Å²) in [7, 11) is 1.50. The molecular formula is C24H28FN5O5. The second-order valence-electron chi connectivity index (χ2n) is 8.33. The number of aromatic nitrogens is 4. The fourth-order valence-electron chi connectivity index (χ4n) is 3.87. The molecule has 1 aliphatic heterocycles. The van der Waals surface area contributed by atoms with E-state index in [-0.39, 0.29) is 29.7 Å². The zero-order valence-electron chi connectivity index (χ0n) is 20.1. The van der Waals surface area contributed by atoms with Crippen LogP contribution in [-0.4, -0.2) is 45.1 Å². The van der Waals surface area contributed by atoms with Crippen molar-refractivity contribution in [3.8, 4) is 17.3 Å². The van der Waals surface area contributed by atoms with E-state index in [2.05, 4.69) is 15.4 Å². The number of ether oxygens (including phenoxy) is 3. The lowest BCUT2D eigenvalue weighted by atomic mass is 10.1. The van der Waals surface area contributed by atoms with Gasteiger partial charge in [-0.05, 0) is 31.9 Å². The molecule has 1 N–H and O–H groups in total. The van der Waals surface area contributed by atoms with E-state index in [1.165, 1.54) is 23.9 Å². The predicted octanol–water partition coefficient (Wildman–Crippen LogP) is 3.24. The molecule has 0 radical (unpaired) electrons. The lowest BCUT2D eigenvalue weighted by Crippen LogP contribution is -2.29. The van der Waals surface area contributed by atoms with Crippen LogP contribution >= 0.6 is 0 Å². The lowest BCUT2D eigenvalue weighted by Gasteiger charge is -2.18. The van der Waals surface area contributed by atoms with Crippen molar-refractivity contribution in [2.45, 2.75) is 52.9 Å². The van der Waals surface area contributed by atoms with Gasteiger partial charge in [0.1, 0.15) is 23.9 Å². The van der Waals surface area contributed by atoms with Crippen LogP contribution in [0.5, 0.6) is 11.6 Å². The maximum absolute atomic E-state index is 15.3. The van der Waals surface area contributed by atoms with Crippen molar-refractivity contribution in [1.29, 1.82) is 0 Å². The van der Waals surface area contributed by atoms with Crippen LogP contribution in [0.1, 0.15) is 48.4 Å². The monoisotopic (exact) mass is 485 g/mol. The van der Waals surface area contributed by atoms with Gasteiger partial charge in [-0.25, -0.2) is 14.2 Å². The van der Waals surface area contributed by atoms with Crippen LogP contribution in [0.25, 0.3) is 5.69 Å². The number of aryl methyl sites for hydroxylation is 1. The third-order valence-electron chi connectivity index (χ3n) is 5.72. The molecular weight excluding hydrogens is 457 g/mol. The van der Waals surface area contributed by atoms with Gasteiger partial charge in [-0.3, -0.25) is 9.36 Å². The number of nitrogens with one attached hydrogen (secondary N) is 1. The number of hydrogen-bond acceptors (Lipinski definition) is 7. The molecule has 0 bridgehead atoms. The minimum absolute atomic E-state index is 0.00947. The highest BCUT2D eigenvalue weighted by Gasteiger charge is 2.24. The summed E-state index contributed by atoms with van der Waals surface area (Å²) in [6.45, 7) is 6.55. The molecule has 2 aromatic heterocycles. The highest BCUT2D eigenvalue weighted by molar-refractivity contribution is 6.06. The Bertz CT molecular complexity index is 1300. The smallest absolute Gasteiger partial charge is 0.350 e. The standard InChI is InChI=1S/C24H28FN5O5/c1-5-6-15(3)35-20-11-19(30-24(32)29-7-8-34-13-21(29)28-30)17(25)10-16(20)23(31)27-18-12-26-22(33-4)9-14(18)2/h9-12,15H,5-8,13H2,1-4H3,(H,27,31). The van der Waals surface area contributed by atoms with Gasteiger partial charge in [0.2, 0.25) is 5.88 Å². The van der Waals surface area contributed by atoms with Crippen LogP contribution in [0.15, 0.2) is 29.2 Å². The first kappa shape index (κ1) is 24.4. The maximum Gasteiger partial charge on any atom is 0.350 e. The van der Waals surface area contributed by atoms with Gasteiger partial charge < -0.3 is 19.5 Å². The summed E-state index contributed by atoms with van der Waals surface area (Å²) in [6, 6.07) is 4.08. The van der Waals surface area contributed by atoms with E-state index in [9.17, 15) is 9.59 Å². The third-order valence-corrected chi connectivity index (χ3v) is 5.72. The number of carbonyl (C=O) groups excluding carboxylic acids is 1. The molecule has 35 heavy (non-hydrogen) atoms. The molecule has 0 saturated carbocycles. The summed E-state index contributed by atoms with van der Waals surface area (Å²) >= 11 is 0. The normalized spacial score (nSPS) is 13.7. The highest BCUT2D eigenvalue weighted by atomic mass is 19.1. The Morgan fingerprint density at radius 2 is 2.14 bits per heavy atom. The van der Waals surface area contributed by atoms with Crippen molar-refractivity contribution in [3.63, 3.8) is 0 Å². The summed E-state index contributed by atoms with van der Waals surface area (Å²) in [4.78, 5) is 30.2. The zero-order valence-corrected chi connectivity index (χ0v) is 20.1. The molecule has 11 heteroatoms. The summed E-state index contributed by atoms with van der Waals surface area (Å²) in [6.07, 6.45) is 2.81.